The number of amides is 1. The summed E-state index contributed by atoms with van der Waals surface area (Å²) in [6.45, 7) is 2.45. The van der Waals surface area contributed by atoms with Crippen molar-refractivity contribution in [2.45, 2.75) is 19.4 Å². The molecule has 1 aliphatic rings. The van der Waals surface area contributed by atoms with E-state index in [2.05, 4.69) is 5.32 Å². The highest BCUT2D eigenvalue weighted by Gasteiger charge is 2.24. The quantitative estimate of drug-likeness (QED) is 0.918. The Bertz CT molecular complexity index is 684. The summed E-state index contributed by atoms with van der Waals surface area (Å²) in [5.41, 5.74) is 2.34. The van der Waals surface area contributed by atoms with Crippen LogP contribution in [-0.4, -0.2) is 12.5 Å². The molecule has 0 spiro atoms. The minimum Gasteiger partial charge on any atom is -0.493 e. The summed E-state index contributed by atoms with van der Waals surface area (Å²) in [6.07, 6.45) is 0.633. The summed E-state index contributed by atoms with van der Waals surface area (Å²) >= 11 is 0. The zero-order valence-electron chi connectivity index (χ0n) is 11.7. The van der Waals surface area contributed by atoms with Gasteiger partial charge in [0.1, 0.15) is 11.6 Å². The van der Waals surface area contributed by atoms with Crippen molar-refractivity contribution in [1.29, 1.82) is 0 Å². The van der Waals surface area contributed by atoms with Crippen molar-refractivity contribution in [2.75, 3.05) is 6.61 Å². The fraction of sp³-hybridized carbons (Fsp3) is 0.235. The Morgan fingerprint density at radius 1 is 1.29 bits per heavy atom. The van der Waals surface area contributed by atoms with Gasteiger partial charge in [-0.15, -0.1) is 0 Å². The standard InChI is InChI=1S/C17H16FNO2/c1-11-3-2-4-12(9-11)17(20)19-15-7-8-21-16-6-5-13(18)10-14(15)16/h2-6,9-10,15H,7-8H2,1H3,(H,19,20). The molecule has 0 fully saturated rings. The molecule has 3 nitrogen and oxygen atoms in total. The summed E-state index contributed by atoms with van der Waals surface area (Å²) in [5.74, 6) is 0.159. The van der Waals surface area contributed by atoms with Gasteiger partial charge in [-0.1, -0.05) is 17.7 Å². The average molecular weight is 285 g/mol. The molecular formula is C17H16FNO2. The predicted octanol–water partition coefficient (Wildman–Crippen LogP) is 3.39. The van der Waals surface area contributed by atoms with Crippen molar-refractivity contribution in [2.24, 2.45) is 0 Å². The molecule has 2 aromatic carbocycles. The lowest BCUT2D eigenvalue weighted by Gasteiger charge is -2.26. The van der Waals surface area contributed by atoms with Crippen molar-refractivity contribution in [3.05, 3.63) is 65.0 Å². The lowest BCUT2D eigenvalue weighted by Crippen LogP contribution is -2.32. The van der Waals surface area contributed by atoms with Crippen LogP contribution in [0.5, 0.6) is 5.75 Å². The molecule has 0 saturated heterocycles. The number of aryl methyl sites for hydroxylation is 1. The monoisotopic (exact) mass is 285 g/mol. The van der Waals surface area contributed by atoms with Crippen LogP contribution in [0.4, 0.5) is 4.39 Å². The van der Waals surface area contributed by atoms with Crippen LogP contribution in [0, 0.1) is 12.7 Å². The predicted molar refractivity (Wildman–Crippen MR) is 77.9 cm³/mol. The zero-order valence-corrected chi connectivity index (χ0v) is 11.7. The number of rotatable bonds is 2. The van der Waals surface area contributed by atoms with E-state index >= 15 is 0 Å². The first-order valence-electron chi connectivity index (χ1n) is 6.93. The van der Waals surface area contributed by atoms with E-state index in [1.54, 1.807) is 12.1 Å². The molecule has 3 rings (SSSR count). The van der Waals surface area contributed by atoms with Gasteiger partial charge in [-0.2, -0.15) is 0 Å². The van der Waals surface area contributed by atoms with E-state index in [9.17, 15) is 9.18 Å². The lowest BCUT2D eigenvalue weighted by atomic mass is 9.99. The molecule has 0 bridgehead atoms. The van der Waals surface area contributed by atoms with Gasteiger partial charge >= 0.3 is 0 Å². The highest BCUT2D eigenvalue weighted by atomic mass is 19.1. The number of hydrogen-bond donors (Lipinski definition) is 1. The number of ether oxygens (including phenoxy) is 1. The second kappa shape index (κ2) is 5.56. The SMILES string of the molecule is Cc1cccc(C(=O)NC2CCOc3ccc(F)cc32)c1. The molecule has 1 unspecified atom stereocenters. The van der Waals surface area contributed by atoms with Crippen LogP contribution in [0.3, 0.4) is 0 Å². The molecular weight excluding hydrogens is 269 g/mol. The first-order chi connectivity index (χ1) is 10.1. The Morgan fingerprint density at radius 2 is 2.14 bits per heavy atom. The van der Waals surface area contributed by atoms with E-state index in [-0.39, 0.29) is 17.8 Å². The minimum atomic E-state index is -0.325. The van der Waals surface area contributed by atoms with Crippen molar-refractivity contribution >= 4 is 5.91 Å². The Morgan fingerprint density at radius 3 is 2.95 bits per heavy atom. The number of fused-ring (bicyclic) bond motifs is 1. The van der Waals surface area contributed by atoms with E-state index in [0.29, 0.717) is 29.9 Å². The van der Waals surface area contributed by atoms with Crippen LogP contribution in [0.15, 0.2) is 42.5 Å². The van der Waals surface area contributed by atoms with E-state index < -0.39 is 0 Å². The molecule has 0 radical (unpaired) electrons. The van der Waals surface area contributed by atoms with Gasteiger partial charge in [0.15, 0.2) is 0 Å². The maximum atomic E-state index is 13.4. The average Bonchev–Trinajstić information content (AvgIpc) is 2.48. The Hall–Kier alpha value is -2.36. The van der Waals surface area contributed by atoms with E-state index in [4.69, 9.17) is 4.74 Å². The summed E-state index contributed by atoms with van der Waals surface area (Å²) in [7, 11) is 0. The third kappa shape index (κ3) is 2.89. The van der Waals surface area contributed by atoms with Crippen LogP contribution in [0.25, 0.3) is 0 Å². The summed E-state index contributed by atoms with van der Waals surface area (Å²) in [6, 6.07) is 11.6. The van der Waals surface area contributed by atoms with Gasteiger partial charge in [0, 0.05) is 17.5 Å². The third-order valence-corrected chi connectivity index (χ3v) is 3.60. The van der Waals surface area contributed by atoms with Crippen LogP contribution in [-0.2, 0) is 0 Å². The van der Waals surface area contributed by atoms with Crippen molar-refractivity contribution in [1.82, 2.24) is 5.32 Å². The van der Waals surface area contributed by atoms with Gasteiger partial charge in [0.2, 0.25) is 0 Å². The largest absolute Gasteiger partial charge is 0.493 e. The molecule has 1 aliphatic heterocycles. The number of nitrogens with one attached hydrogen (secondary N) is 1. The highest BCUT2D eigenvalue weighted by molar-refractivity contribution is 5.94. The van der Waals surface area contributed by atoms with Crippen molar-refractivity contribution < 1.29 is 13.9 Å². The fourth-order valence-electron chi connectivity index (χ4n) is 2.54. The van der Waals surface area contributed by atoms with Gasteiger partial charge in [-0.05, 0) is 37.3 Å². The van der Waals surface area contributed by atoms with Crippen LogP contribution in [0.1, 0.15) is 33.9 Å². The summed E-state index contributed by atoms with van der Waals surface area (Å²) in [4.78, 5) is 12.3. The minimum absolute atomic E-state index is 0.152. The molecule has 21 heavy (non-hydrogen) atoms. The Labute approximate surface area is 122 Å². The third-order valence-electron chi connectivity index (χ3n) is 3.60. The number of carbonyl (C=O) groups excluding carboxylic acids is 1. The number of halogens is 1. The molecule has 1 atom stereocenters. The van der Waals surface area contributed by atoms with E-state index in [0.717, 1.165) is 5.56 Å². The van der Waals surface area contributed by atoms with Crippen LogP contribution < -0.4 is 10.1 Å². The second-order valence-electron chi connectivity index (χ2n) is 5.21. The van der Waals surface area contributed by atoms with Crippen molar-refractivity contribution in [3.63, 3.8) is 0 Å². The lowest BCUT2D eigenvalue weighted by molar-refractivity contribution is 0.0924. The topological polar surface area (TPSA) is 38.3 Å². The smallest absolute Gasteiger partial charge is 0.251 e. The van der Waals surface area contributed by atoms with Gasteiger partial charge in [-0.25, -0.2) is 4.39 Å². The Kier molecular flexibility index (Phi) is 3.60. The van der Waals surface area contributed by atoms with Crippen LogP contribution >= 0.6 is 0 Å². The second-order valence-corrected chi connectivity index (χ2v) is 5.21. The molecule has 0 saturated carbocycles. The molecule has 0 aromatic heterocycles. The normalized spacial score (nSPS) is 16.8. The first kappa shape index (κ1) is 13.6. The molecule has 0 aliphatic carbocycles. The van der Waals surface area contributed by atoms with E-state index in [1.165, 1.54) is 12.1 Å². The summed E-state index contributed by atoms with van der Waals surface area (Å²) < 4.78 is 18.9. The molecule has 1 amide bonds. The number of carbonyl (C=O) groups is 1. The number of hydrogen-bond acceptors (Lipinski definition) is 2. The van der Waals surface area contributed by atoms with Gasteiger partial charge < -0.3 is 10.1 Å². The molecule has 2 aromatic rings. The molecule has 1 heterocycles. The maximum absolute atomic E-state index is 13.4. The molecule has 1 N–H and O–H groups in total. The Balaban J connectivity index is 1.83. The van der Waals surface area contributed by atoms with Crippen LogP contribution in [0.2, 0.25) is 0 Å². The number of benzene rings is 2. The van der Waals surface area contributed by atoms with Gasteiger partial charge in [0.25, 0.3) is 5.91 Å². The summed E-state index contributed by atoms with van der Waals surface area (Å²) in [5, 5.41) is 2.96. The fourth-order valence-corrected chi connectivity index (χ4v) is 2.54. The molecule has 4 heteroatoms. The first-order valence-corrected chi connectivity index (χ1v) is 6.93. The zero-order chi connectivity index (χ0) is 14.8. The highest BCUT2D eigenvalue weighted by Crippen LogP contribution is 2.32. The van der Waals surface area contributed by atoms with Gasteiger partial charge in [0.05, 0.1) is 12.6 Å². The molecule has 108 valence electrons. The van der Waals surface area contributed by atoms with Crippen molar-refractivity contribution in [3.8, 4) is 5.75 Å². The van der Waals surface area contributed by atoms with Gasteiger partial charge in [-0.3, -0.25) is 4.79 Å². The maximum Gasteiger partial charge on any atom is 0.251 e. The van der Waals surface area contributed by atoms with E-state index in [1.807, 2.05) is 25.1 Å².